The molecule has 1 saturated heterocycles. The number of likely N-dealkylation sites (tertiary alicyclic amines) is 1. The topological polar surface area (TPSA) is 51.0 Å². The van der Waals surface area contributed by atoms with Gasteiger partial charge in [-0.3, -0.25) is 9.78 Å². The minimum Gasteiger partial charge on any atom is -0.341 e. The number of pyridine rings is 1. The maximum absolute atomic E-state index is 12.2. The third-order valence-electron chi connectivity index (χ3n) is 4.21. The van der Waals surface area contributed by atoms with Gasteiger partial charge >= 0.3 is 0 Å². The fourth-order valence-electron chi connectivity index (χ4n) is 3.11. The van der Waals surface area contributed by atoms with Crippen LogP contribution >= 0.6 is 11.8 Å². The first-order valence-electron chi connectivity index (χ1n) is 7.95. The van der Waals surface area contributed by atoms with Crippen LogP contribution in [0.4, 0.5) is 0 Å². The van der Waals surface area contributed by atoms with E-state index in [0.717, 1.165) is 44.0 Å². The lowest BCUT2D eigenvalue weighted by Crippen LogP contribution is -2.40. The number of hydrogen-bond donors (Lipinski definition) is 0. The van der Waals surface area contributed by atoms with E-state index in [1.54, 1.807) is 11.8 Å². The van der Waals surface area contributed by atoms with Gasteiger partial charge in [0.05, 0.1) is 18.0 Å². The van der Waals surface area contributed by atoms with Crippen LogP contribution in [0.5, 0.6) is 0 Å². The quantitative estimate of drug-likeness (QED) is 0.845. The molecule has 1 aliphatic rings. The standard InChI is InChI=1S/C17H22N4OS/c1-23-13-16(22)20-9-4-5-14(11-20)17-19-8-10-21(17)12-15-6-2-3-7-18-15/h2-3,6-8,10,14H,4-5,9,11-13H2,1H3/t14-/m1/s1. The van der Waals surface area contributed by atoms with Gasteiger partial charge in [-0.05, 0) is 31.2 Å². The van der Waals surface area contributed by atoms with E-state index in [1.807, 2.05) is 47.9 Å². The van der Waals surface area contributed by atoms with Crippen LogP contribution in [-0.2, 0) is 11.3 Å². The summed E-state index contributed by atoms with van der Waals surface area (Å²) in [5.74, 6) is 2.19. The molecule has 3 heterocycles. The van der Waals surface area contributed by atoms with Crippen molar-refractivity contribution >= 4 is 17.7 Å². The SMILES string of the molecule is CSCC(=O)N1CCC[C@@H](c2nccn2Cc2ccccn2)C1. The second-order valence-corrected chi connectivity index (χ2v) is 6.71. The van der Waals surface area contributed by atoms with Crippen LogP contribution in [0.1, 0.15) is 30.3 Å². The van der Waals surface area contributed by atoms with Gasteiger partial charge in [-0.2, -0.15) is 11.8 Å². The summed E-state index contributed by atoms with van der Waals surface area (Å²) < 4.78 is 2.16. The Balaban J connectivity index is 1.72. The first kappa shape index (κ1) is 16.1. The van der Waals surface area contributed by atoms with E-state index in [9.17, 15) is 4.79 Å². The molecule has 0 saturated carbocycles. The maximum Gasteiger partial charge on any atom is 0.232 e. The Morgan fingerprint density at radius 3 is 3.04 bits per heavy atom. The van der Waals surface area contributed by atoms with Gasteiger partial charge in [0.1, 0.15) is 5.82 Å². The van der Waals surface area contributed by atoms with Crippen molar-refractivity contribution in [3.63, 3.8) is 0 Å². The second kappa shape index (κ2) is 7.64. The van der Waals surface area contributed by atoms with E-state index in [4.69, 9.17) is 0 Å². The van der Waals surface area contributed by atoms with Crippen molar-refractivity contribution in [3.05, 3.63) is 48.3 Å². The number of carbonyl (C=O) groups is 1. The van der Waals surface area contributed by atoms with Crippen molar-refractivity contribution in [1.29, 1.82) is 0 Å². The van der Waals surface area contributed by atoms with Crippen LogP contribution in [0.2, 0.25) is 0 Å². The highest BCUT2D eigenvalue weighted by atomic mass is 32.2. The maximum atomic E-state index is 12.2. The smallest absolute Gasteiger partial charge is 0.232 e. The number of thioether (sulfide) groups is 1. The molecule has 0 aliphatic carbocycles. The van der Waals surface area contributed by atoms with E-state index in [1.165, 1.54) is 0 Å². The van der Waals surface area contributed by atoms with Gasteiger partial charge in [-0.1, -0.05) is 6.07 Å². The number of carbonyl (C=O) groups excluding carboxylic acids is 1. The molecule has 0 spiro atoms. The summed E-state index contributed by atoms with van der Waals surface area (Å²) >= 11 is 1.59. The van der Waals surface area contributed by atoms with Crippen molar-refractivity contribution in [2.45, 2.75) is 25.3 Å². The summed E-state index contributed by atoms with van der Waals surface area (Å²) in [4.78, 5) is 23.1. The summed E-state index contributed by atoms with van der Waals surface area (Å²) in [6.07, 6.45) is 9.77. The van der Waals surface area contributed by atoms with Gasteiger partial charge in [-0.15, -0.1) is 0 Å². The predicted molar refractivity (Wildman–Crippen MR) is 92.5 cm³/mol. The van der Waals surface area contributed by atoms with Crippen molar-refractivity contribution in [2.75, 3.05) is 25.1 Å². The molecule has 6 heteroatoms. The number of imidazole rings is 1. The van der Waals surface area contributed by atoms with Gasteiger partial charge in [0, 0.05) is 37.6 Å². The molecule has 0 bridgehead atoms. The van der Waals surface area contributed by atoms with E-state index in [0.29, 0.717) is 11.7 Å². The summed E-state index contributed by atoms with van der Waals surface area (Å²) in [6.45, 7) is 2.38. The zero-order chi connectivity index (χ0) is 16.1. The Morgan fingerprint density at radius 1 is 1.35 bits per heavy atom. The van der Waals surface area contributed by atoms with E-state index >= 15 is 0 Å². The summed E-state index contributed by atoms with van der Waals surface area (Å²) in [5.41, 5.74) is 1.03. The summed E-state index contributed by atoms with van der Waals surface area (Å²) in [6, 6.07) is 5.95. The molecule has 1 aliphatic heterocycles. The van der Waals surface area contributed by atoms with Gasteiger partial charge in [-0.25, -0.2) is 4.98 Å². The molecule has 23 heavy (non-hydrogen) atoms. The molecule has 1 atom stereocenters. The van der Waals surface area contributed by atoms with Gasteiger partial charge in [0.25, 0.3) is 0 Å². The Hall–Kier alpha value is -1.82. The number of aromatic nitrogens is 3. The number of hydrogen-bond acceptors (Lipinski definition) is 4. The Kier molecular flexibility index (Phi) is 5.33. The first-order valence-corrected chi connectivity index (χ1v) is 9.35. The molecule has 0 N–H and O–H groups in total. The molecular formula is C17H22N4OS. The molecule has 2 aromatic heterocycles. The first-order chi connectivity index (χ1) is 11.3. The molecule has 3 rings (SSSR count). The molecule has 2 aromatic rings. The Bertz CT molecular complexity index is 643. The number of nitrogens with zero attached hydrogens (tertiary/aromatic N) is 4. The highest BCUT2D eigenvalue weighted by Gasteiger charge is 2.27. The molecule has 0 aromatic carbocycles. The number of rotatable bonds is 5. The summed E-state index contributed by atoms with van der Waals surface area (Å²) in [7, 11) is 0. The van der Waals surface area contributed by atoms with Gasteiger partial charge in [0.2, 0.25) is 5.91 Å². The minimum absolute atomic E-state index is 0.241. The van der Waals surface area contributed by atoms with Crippen LogP contribution in [0.3, 0.4) is 0 Å². The lowest BCUT2D eigenvalue weighted by atomic mass is 9.97. The largest absolute Gasteiger partial charge is 0.341 e. The Labute approximate surface area is 141 Å². The fraction of sp³-hybridized carbons (Fsp3) is 0.471. The number of piperidine rings is 1. The van der Waals surface area contributed by atoms with E-state index < -0.39 is 0 Å². The predicted octanol–water partition coefficient (Wildman–Crippen LogP) is 2.40. The van der Waals surface area contributed by atoms with Crippen molar-refractivity contribution in [2.24, 2.45) is 0 Å². The van der Waals surface area contributed by atoms with Crippen LogP contribution in [0, 0.1) is 0 Å². The van der Waals surface area contributed by atoms with Crippen LogP contribution in [-0.4, -0.2) is 50.4 Å². The molecule has 1 fully saturated rings. The van der Waals surface area contributed by atoms with Crippen LogP contribution in [0.15, 0.2) is 36.8 Å². The van der Waals surface area contributed by atoms with Crippen molar-refractivity contribution in [3.8, 4) is 0 Å². The van der Waals surface area contributed by atoms with Crippen LogP contribution < -0.4 is 0 Å². The molecule has 0 unspecified atom stereocenters. The molecule has 5 nitrogen and oxygen atoms in total. The monoisotopic (exact) mass is 330 g/mol. The average Bonchev–Trinajstić information content (AvgIpc) is 3.04. The van der Waals surface area contributed by atoms with E-state index in [-0.39, 0.29) is 5.91 Å². The van der Waals surface area contributed by atoms with Gasteiger partial charge in [0.15, 0.2) is 0 Å². The molecule has 0 radical (unpaired) electrons. The highest BCUT2D eigenvalue weighted by Crippen LogP contribution is 2.26. The zero-order valence-electron chi connectivity index (χ0n) is 13.4. The van der Waals surface area contributed by atoms with Gasteiger partial charge < -0.3 is 9.47 Å². The average molecular weight is 330 g/mol. The Morgan fingerprint density at radius 2 is 2.26 bits per heavy atom. The third kappa shape index (κ3) is 3.93. The van der Waals surface area contributed by atoms with Crippen molar-refractivity contribution < 1.29 is 4.79 Å². The normalized spacial score (nSPS) is 18.1. The number of amides is 1. The van der Waals surface area contributed by atoms with Crippen LogP contribution in [0.25, 0.3) is 0 Å². The zero-order valence-corrected chi connectivity index (χ0v) is 14.2. The highest BCUT2D eigenvalue weighted by molar-refractivity contribution is 7.99. The second-order valence-electron chi connectivity index (χ2n) is 5.85. The minimum atomic E-state index is 0.241. The third-order valence-corrected chi connectivity index (χ3v) is 4.75. The summed E-state index contributed by atoms with van der Waals surface area (Å²) in [5, 5.41) is 0. The van der Waals surface area contributed by atoms with Crippen molar-refractivity contribution in [1.82, 2.24) is 19.4 Å². The molecule has 1 amide bonds. The lowest BCUT2D eigenvalue weighted by molar-refractivity contribution is -0.129. The van der Waals surface area contributed by atoms with E-state index in [2.05, 4.69) is 14.5 Å². The fourth-order valence-corrected chi connectivity index (χ4v) is 3.54. The molecular weight excluding hydrogens is 308 g/mol. The molecule has 122 valence electrons. The lowest BCUT2D eigenvalue weighted by Gasteiger charge is -2.32.